The number of imidazole rings is 1. The minimum Gasteiger partial charge on any atom is -0.492 e. The molecule has 2 aliphatic rings. The number of ether oxygens (including phenoxy) is 1. The second-order valence-electron chi connectivity index (χ2n) is 11.9. The van der Waals surface area contributed by atoms with Gasteiger partial charge < -0.3 is 9.72 Å². The average Bonchev–Trinajstić information content (AvgIpc) is 3.88. The van der Waals surface area contributed by atoms with Crippen molar-refractivity contribution in [1.29, 1.82) is 0 Å². The van der Waals surface area contributed by atoms with E-state index < -0.39 is 0 Å². The Bertz CT molecular complexity index is 1970. The van der Waals surface area contributed by atoms with E-state index in [1.165, 1.54) is 43.4 Å². The topological polar surface area (TPSA) is 112 Å². The Morgan fingerprint density at radius 2 is 1.71 bits per heavy atom. The quantitative estimate of drug-likeness (QED) is 0.212. The molecule has 11 heteroatoms. The second-order valence-corrected chi connectivity index (χ2v) is 11.9. The van der Waals surface area contributed by atoms with E-state index in [0.29, 0.717) is 46.1 Å². The first-order valence-corrected chi connectivity index (χ1v) is 15.7. The number of nitrogens with zero attached hydrogens (tertiary/aromatic N) is 7. The van der Waals surface area contributed by atoms with Crippen LogP contribution in [0.25, 0.3) is 56.1 Å². The second kappa shape index (κ2) is 12.0. The molecular formula is C34H34FN9O. The third-order valence-electron chi connectivity index (χ3n) is 8.78. The van der Waals surface area contributed by atoms with E-state index in [4.69, 9.17) is 14.7 Å². The zero-order chi connectivity index (χ0) is 30.2. The molecular weight excluding hydrogens is 569 g/mol. The summed E-state index contributed by atoms with van der Waals surface area (Å²) in [6.45, 7) is 6.71. The van der Waals surface area contributed by atoms with E-state index in [1.807, 2.05) is 36.7 Å². The number of halogens is 1. The van der Waals surface area contributed by atoms with Crippen molar-refractivity contribution in [3.63, 3.8) is 0 Å². The Kier molecular flexibility index (Phi) is 7.40. The highest BCUT2D eigenvalue weighted by Crippen LogP contribution is 2.33. The molecule has 0 aliphatic carbocycles. The third kappa shape index (κ3) is 5.76. The zero-order valence-electron chi connectivity index (χ0n) is 25.0. The molecule has 228 valence electrons. The lowest BCUT2D eigenvalue weighted by Crippen LogP contribution is -2.25. The fourth-order valence-corrected chi connectivity index (χ4v) is 6.50. The predicted octanol–water partition coefficient (Wildman–Crippen LogP) is 5.83. The number of benzene rings is 1. The summed E-state index contributed by atoms with van der Waals surface area (Å²) in [6, 6.07) is 12.8. The van der Waals surface area contributed by atoms with Crippen LogP contribution >= 0.6 is 0 Å². The molecule has 1 aromatic carbocycles. The number of H-pyrrole nitrogens is 2. The van der Waals surface area contributed by atoms with Gasteiger partial charge in [0.15, 0.2) is 17.2 Å². The summed E-state index contributed by atoms with van der Waals surface area (Å²) in [5.41, 5.74) is 7.67. The molecule has 0 spiro atoms. The maximum absolute atomic E-state index is 14.8. The summed E-state index contributed by atoms with van der Waals surface area (Å²) in [5.74, 6) is 0.672. The monoisotopic (exact) mass is 603 g/mol. The Balaban J connectivity index is 1.09. The Morgan fingerprint density at radius 3 is 2.58 bits per heavy atom. The van der Waals surface area contributed by atoms with Gasteiger partial charge in [-0.1, -0.05) is 0 Å². The van der Waals surface area contributed by atoms with E-state index in [1.54, 1.807) is 6.20 Å². The molecule has 45 heavy (non-hydrogen) atoms. The number of hydrogen-bond acceptors (Lipinski definition) is 8. The molecule has 6 aromatic rings. The van der Waals surface area contributed by atoms with Crippen LogP contribution in [0.1, 0.15) is 31.2 Å². The molecule has 0 bridgehead atoms. The van der Waals surface area contributed by atoms with Crippen molar-refractivity contribution in [2.75, 3.05) is 39.3 Å². The number of likely N-dealkylation sites (tertiary alicyclic amines) is 2. The average molecular weight is 604 g/mol. The fraction of sp³-hybridized carbons (Fsp3) is 0.324. The maximum Gasteiger partial charge on any atom is 0.178 e. The molecule has 0 saturated carbocycles. The highest BCUT2D eigenvalue weighted by atomic mass is 19.1. The van der Waals surface area contributed by atoms with Gasteiger partial charge in [-0.2, -0.15) is 5.10 Å². The first-order chi connectivity index (χ1) is 22.2. The largest absolute Gasteiger partial charge is 0.492 e. The molecule has 2 fully saturated rings. The van der Waals surface area contributed by atoms with Gasteiger partial charge >= 0.3 is 0 Å². The lowest BCUT2D eigenvalue weighted by molar-refractivity contribution is 0.237. The highest BCUT2D eigenvalue weighted by molar-refractivity contribution is 5.95. The standard InChI is InChI=1S/C34H34FN9O/c35-25-16-23(17-26(18-25)45-14-13-43-9-1-2-10-43)27-7-8-37-33-30(27)39-34(40-33)32-31-29(41-42-32)6-5-28(38-31)24-15-22(19-36-20-24)21-44-11-3-4-12-44/h5-8,15-20H,1-4,9-14,21H2,(H,41,42)(H,37,39,40). The maximum atomic E-state index is 14.8. The van der Waals surface area contributed by atoms with Gasteiger partial charge in [0.1, 0.15) is 23.7 Å². The summed E-state index contributed by atoms with van der Waals surface area (Å²) in [7, 11) is 0. The van der Waals surface area contributed by atoms with E-state index in [9.17, 15) is 4.39 Å². The molecule has 0 atom stereocenters. The fourth-order valence-electron chi connectivity index (χ4n) is 6.50. The van der Waals surface area contributed by atoms with E-state index in [-0.39, 0.29) is 5.82 Å². The van der Waals surface area contributed by atoms with Crippen LogP contribution in [0, 0.1) is 5.82 Å². The van der Waals surface area contributed by atoms with Crippen molar-refractivity contribution in [2.24, 2.45) is 0 Å². The summed E-state index contributed by atoms with van der Waals surface area (Å²) < 4.78 is 20.8. The molecule has 2 saturated heterocycles. The van der Waals surface area contributed by atoms with Gasteiger partial charge in [0.25, 0.3) is 0 Å². The van der Waals surface area contributed by atoms with E-state index >= 15 is 0 Å². The minimum atomic E-state index is -0.359. The Hall–Kier alpha value is -4.74. The van der Waals surface area contributed by atoms with Crippen LogP contribution in [0.4, 0.5) is 4.39 Å². The van der Waals surface area contributed by atoms with Gasteiger partial charge in [0.05, 0.1) is 16.7 Å². The Morgan fingerprint density at radius 1 is 0.867 bits per heavy atom. The van der Waals surface area contributed by atoms with Crippen LogP contribution in [0.3, 0.4) is 0 Å². The van der Waals surface area contributed by atoms with Crippen molar-refractivity contribution in [3.05, 3.63) is 72.4 Å². The van der Waals surface area contributed by atoms with Crippen LogP contribution in [0.15, 0.2) is 61.1 Å². The van der Waals surface area contributed by atoms with E-state index in [2.05, 4.69) is 41.0 Å². The first kappa shape index (κ1) is 27.8. The van der Waals surface area contributed by atoms with E-state index in [0.717, 1.165) is 61.6 Å². The zero-order valence-corrected chi connectivity index (χ0v) is 25.0. The first-order valence-electron chi connectivity index (χ1n) is 15.7. The summed E-state index contributed by atoms with van der Waals surface area (Å²) >= 11 is 0. The van der Waals surface area contributed by atoms with Crippen LogP contribution in [0.5, 0.6) is 5.75 Å². The van der Waals surface area contributed by atoms with Gasteiger partial charge in [-0.3, -0.25) is 19.9 Å². The number of aromatic amines is 2. The SMILES string of the molecule is Fc1cc(OCCN2CCCC2)cc(-c2ccnc3nc(-c4n[nH]c5ccc(-c6cncc(CN7CCCC7)c6)nc45)[nH]c23)c1. The lowest BCUT2D eigenvalue weighted by atomic mass is 10.1. The third-order valence-corrected chi connectivity index (χ3v) is 8.78. The summed E-state index contributed by atoms with van der Waals surface area (Å²) in [5, 5.41) is 7.65. The number of pyridine rings is 3. The molecule has 0 radical (unpaired) electrons. The van der Waals surface area contributed by atoms with Crippen LogP contribution in [0.2, 0.25) is 0 Å². The predicted molar refractivity (Wildman–Crippen MR) is 171 cm³/mol. The van der Waals surface area contributed by atoms with Gasteiger partial charge in [0, 0.05) is 48.9 Å². The van der Waals surface area contributed by atoms with Crippen LogP contribution < -0.4 is 4.74 Å². The number of hydrogen-bond donors (Lipinski definition) is 2. The van der Waals surface area contributed by atoms with Crippen molar-refractivity contribution in [3.8, 4) is 39.7 Å². The van der Waals surface area contributed by atoms with Gasteiger partial charge in [-0.05, 0) is 99.4 Å². The molecule has 2 N–H and O–H groups in total. The normalized spacial score (nSPS) is 15.9. The number of fused-ring (bicyclic) bond motifs is 2. The number of aromatic nitrogens is 7. The van der Waals surface area contributed by atoms with Crippen molar-refractivity contribution >= 4 is 22.2 Å². The van der Waals surface area contributed by atoms with Crippen molar-refractivity contribution < 1.29 is 9.13 Å². The summed E-state index contributed by atoms with van der Waals surface area (Å²) in [4.78, 5) is 27.0. The number of rotatable bonds is 9. The van der Waals surface area contributed by atoms with Crippen molar-refractivity contribution in [2.45, 2.75) is 32.2 Å². The molecule has 5 aromatic heterocycles. The van der Waals surface area contributed by atoms with Crippen LogP contribution in [-0.2, 0) is 6.54 Å². The van der Waals surface area contributed by atoms with Crippen molar-refractivity contribution in [1.82, 2.24) is 44.9 Å². The van der Waals surface area contributed by atoms with Gasteiger partial charge in [0.2, 0.25) is 0 Å². The molecule has 7 heterocycles. The highest BCUT2D eigenvalue weighted by Gasteiger charge is 2.19. The molecule has 8 rings (SSSR count). The lowest BCUT2D eigenvalue weighted by Gasteiger charge is -2.15. The van der Waals surface area contributed by atoms with Crippen LogP contribution in [-0.4, -0.2) is 84.2 Å². The molecule has 10 nitrogen and oxygen atoms in total. The smallest absolute Gasteiger partial charge is 0.178 e. The minimum absolute atomic E-state index is 0.359. The number of nitrogens with one attached hydrogen (secondary N) is 2. The molecule has 2 aliphatic heterocycles. The Labute approximate surface area is 259 Å². The van der Waals surface area contributed by atoms with Gasteiger partial charge in [-0.15, -0.1) is 0 Å². The molecule has 0 unspecified atom stereocenters. The summed E-state index contributed by atoms with van der Waals surface area (Å²) in [6.07, 6.45) is 10.4. The molecule has 0 amide bonds. The van der Waals surface area contributed by atoms with Gasteiger partial charge in [-0.25, -0.2) is 19.3 Å².